The molecule has 0 aromatic heterocycles. The minimum Gasteiger partial charge on any atom is -0.508 e. The largest absolute Gasteiger partial charge is 0.512 e. The Labute approximate surface area is 191 Å². The molecule has 0 amide bonds. The van der Waals surface area contributed by atoms with Crippen LogP contribution < -0.4 is 14.8 Å². The van der Waals surface area contributed by atoms with Crippen molar-refractivity contribution in [2.45, 2.75) is 44.4 Å². The average Bonchev–Trinajstić information content (AvgIpc) is 2.80. The lowest BCUT2D eigenvalue weighted by Gasteiger charge is -2.17. The third-order valence-electron chi connectivity index (χ3n) is 5.37. The number of aliphatic hydroxyl groups excluding tert-OH is 1. The third kappa shape index (κ3) is 10.4. The summed E-state index contributed by atoms with van der Waals surface area (Å²) in [6.07, 6.45) is 2.77. The first-order valence-electron chi connectivity index (χ1n) is 11.1. The number of aliphatic hydroxyl groups is 1. The summed E-state index contributed by atoms with van der Waals surface area (Å²) >= 11 is 0. The van der Waals surface area contributed by atoms with Crippen molar-refractivity contribution in [1.29, 1.82) is 0 Å². The Kier molecular flexibility index (Phi) is 12.1. The number of hydrogen-bond acceptors (Lipinski definition) is 6. The van der Waals surface area contributed by atoms with Gasteiger partial charge < -0.3 is 25.0 Å². The van der Waals surface area contributed by atoms with Crippen molar-refractivity contribution in [2.75, 3.05) is 26.3 Å². The van der Waals surface area contributed by atoms with Crippen molar-refractivity contribution in [1.82, 2.24) is 5.32 Å². The van der Waals surface area contributed by atoms with E-state index in [9.17, 15) is 19.7 Å². The van der Waals surface area contributed by atoms with E-state index >= 15 is 0 Å². The molecule has 4 N–H and O–H groups in total. The lowest BCUT2D eigenvalue weighted by molar-refractivity contribution is 0.106. The first-order valence-corrected chi connectivity index (χ1v) is 12.4. The lowest BCUT2D eigenvalue weighted by atomic mass is 9.95. The van der Waals surface area contributed by atoms with Gasteiger partial charge in [-0.25, -0.2) is 0 Å². The quantitative estimate of drug-likeness (QED) is 0.219. The van der Waals surface area contributed by atoms with Crippen LogP contribution >= 0.6 is 8.03 Å². The van der Waals surface area contributed by atoms with Crippen LogP contribution in [0.3, 0.4) is 0 Å². The van der Waals surface area contributed by atoms with E-state index in [0.29, 0.717) is 30.4 Å². The van der Waals surface area contributed by atoms with Gasteiger partial charge in [0.05, 0.1) is 0 Å². The van der Waals surface area contributed by atoms with Crippen molar-refractivity contribution in [3.05, 3.63) is 54.6 Å². The highest BCUT2D eigenvalue weighted by atomic mass is 31.1. The van der Waals surface area contributed by atoms with Gasteiger partial charge in [0.2, 0.25) is 5.66 Å². The molecule has 4 atom stereocenters. The zero-order chi connectivity index (χ0) is 23.2. The van der Waals surface area contributed by atoms with Gasteiger partial charge in [-0.05, 0) is 66.3 Å². The highest BCUT2D eigenvalue weighted by molar-refractivity contribution is 7.38. The molecule has 0 fully saturated rings. The highest BCUT2D eigenvalue weighted by Crippen LogP contribution is 2.30. The molecule has 2 rings (SSSR count). The number of nitrogens with one attached hydrogen (secondary N) is 1. The summed E-state index contributed by atoms with van der Waals surface area (Å²) in [5, 5.41) is 22.6. The molecule has 176 valence electrons. The van der Waals surface area contributed by atoms with Crippen molar-refractivity contribution >= 4 is 8.03 Å². The second kappa shape index (κ2) is 14.8. The van der Waals surface area contributed by atoms with Crippen LogP contribution in [0.15, 0.2) is 54.6 Å². The predicted molar refractivity (Wildman–Crippen MR) is 126 cm³/mol. The minimum atomic E-state index is -2.30. The fourth-order valence-corrected chi connectivity index (χ4v) is 3.89. The Morgan fingerprint density at radius 3 is 2.25 bits per heavy atom. The van der Waals surface area contributed by atoms with Crippen LogP contribution in [0.2, 0.25) is 0 Å². The Morgan fingerprint density at radius 1 is 0.938 bits per heavy atom. The van der Waals surface area contributed by atoms with Gasteiger partial charge in [-0.3, -0.25) is 0 Å². The molecule has 0 heterocycles. The zero-order valence-corrected chi connectivity index (χ0v) is 19.5. The SMILES string of the molecule is CCC(CCNC[C@H](O)COc1ccc(O)cc1)CCC(COc1ccccc1)[P+](=O)O. The van der Waals surface area contributed by atoms with Gasteiger partial charge in [-0.2, -0.15) is 4.89 Å². The van der Waals surface area contributed by atoms with Gasteiger partial charge in [-0.15, -0.1) is 0 Å². The summed E-state index contributed by atoms with van der Waals surface area (Å²) in [6.45, 7) is 3.70. The average molecular weight is 465 g/mol. The van der Waals surface area contributed by atoms with Crippen LogP contribution in [-0.4, -0.2) is 53.2 Å². The Balaban J connectivity index is 1.62. The topological polar surface area (TPSA) is 108 Å². The Morgan fingerprint density at radius 2 is 1.59 bits per heavy atom. The van der Waals surface area contributed by atoms with Crippen molar-refractivity contribution in [3.8, 4) is 17.2 Å². The predicted octanol–water partition coefficient (Wildman–Crippen LogP) is 4.10. The highest BCUT2D eigenvalue weighted by Gasteiger charge is 2.30. The molecule has 0 spiro atoms. The van der Waals surface area contributed by atoms with Gasteiger partial charge in [0.25, 0.3) is 0 Å². The monoisotopic (exact) mass is 464 g/mol. The maximum absolute atomic E-state index is 11.7. The smallest absolute Gasteiger partial charge is 0.508 e. The summed E-state index contributed by atoms with van der Waals surface area (Å²) in [5.41, 5.74) is -0.383. The van der Waals surface area contributed by atoms with Crippen LogP contribution in [0.5, 0.6) is 17.2 Å². The number of hydrogen-bond donors (Lipinski definition) is 4. The molecule has 3 unspecified atom stereocenters. The second-order valence-corrected chi connectivity index (χ2v) is 9.22. The third-order valence-corrected chi connectivity index (χ3v) is 6.40. The molecular weight excluding hydrogens is 429 g/mol. The molecule has 0 aliphatic carbocycles. The molecule has 2 aromatic carbocycles. The molecule has 0 aliphatic rings. The number of rotatable bonds is 16. The summed E-state index contributed by atoms with van der Waals surface area (Å²) in [6, 6.07) is 15.7. The second-order valence-electron chi connectivity index (χ2n) is 7.88. The lowest BCUT2D eigenvalue weighted by Crippen LogP contribution is -2.32. The molecule has 7 nitrogen and oxygen atoms in total. The fraction of sp³-hybridized carbons (Fsp3) is 0.500. The minimum absolute atomic E-state index is 0.168. The van der Waals surface area contributed by atoms with E-state index in [-0.39, 0.29) is 24.6 Å². The van der Waals surface area contributed by atoms with Gasteiger partial charge >= 0.3 is 8.03 Å². The van der Waals surface area contributed by atoms with E-state index < -0.39 is 14.1 Å². The summed E-state index contributed by atoms with van der Waals surface area (Å²) in [5.74, 6) is 1.91. The molecule has 0 radical (unpaired) electrons. The summed E-state index contributed by atoms with van der Waals surface area (Å²) < 4.78 is 22.9. The number of para-hydroxylation sites is 1. The van der Waals surface area contributed by atoms with Crippen LogP contribution in [0.1, 0.15) is 32.6 Å². The van der Waals surface area contributed by atoms with Crippen LogP contribution in [0.4, 0.5) is 0 Å². The fourth-order valence-electron chi connectivity index (χ4n) is 3.32. The van der Waals surface area contributed by atoms with E-state index in [1.165, 1.54) is 12.1 Å². The molecule has 0 saturated carbocycles. The van der Waals surface area contributed by atoms with Crippen LogP contribution in [0, 0.1) is 5.92 Å². The number of phenolic OH excluding ortho intramolecular Hbond substituents is 1. The normalized spacial score (nSPS) is 14.4. The number of phenols is 1. The molecule has 0 bridgehead atoms. The van der Waals surface area contributed by atoms with Gasteiger partial charge in [-0.1, -0.05) is 31.5 Å². The number of aromatic hydroxyl groups is 1. The van der Waals surface area contributed by atoms with E-state index in [2.05, 4.69) is 12.2 Å². The maximum atomic E-state index is 11.7. The molecule has 0 saturated heterocycles. The van der Waals surface area contributed by atoms with Crippen molar-refractivity contribution < 1.29 is 29.1 Å². The molecular formula is C24H35NO6P+. The standard InChI is InChI=1S/C24H34NO6P/c1-2-19(8-13-24(32(28)29)18-31-22-6-4-3-5-7-22)14-15-25-16-21(27)17-30-23-11-9-20(26)10-12-23/h3-7,9-12,19,21,24-25,27H,2,8,13-18H2,1H3,(H-,26,28,29)/p+1/t19?,21-,24?/m0/s1. The van der Waals surface area contributed by atoms with Gasteiger partial charge in [0, 0.05) is 13.0 Å². The van der Waals surface area contributed by atoms with Gasteiger partial charge in [0.15, 0.2) is 0 Å². The number of ether oxygens (including phenoxy) is 2. The summed E-state index contributed by atoms with van der Waals surface area (Å²) in [7, 11) is -2.30. The molecule has 32 heavy (non-hydrogen) atoms. The molecule has 8 heteroatoms. The molecule has 0 aliphatic heterocycles. The van der Waals surface area contributed by atoms with E-state index in [1.54, 1.807) is 12.1 Å². The molecule has 2 aromatic rings. The van der Waals surface area contributed by atoms with Crippen LogP contribution in [-0.2, 0) is 4.57 Å². The van der Waals surface area contributed by atoms with Crippen LogP contribution in [0.25, 0.3) is 0 Å². The number of benzene rings is 2. The Hall–Kier alpha value is -2.18. The van der Waals surface area contributed by atoms with Gasteiger partial charge in [0.1, 0.15) is 36.6 Å². The van der Waals surface area contributed by atoms with E-state index in [1.807, 2.05) is 30.3 Å². The summed E-state index contributed by atoms with van der Waals surface area (Å²) in [4.78, 5) is 9.66. The first-order chi connectivity index (χ1) is 15.5. The first kappa shape index (κ1) is 26.1. The van der Waals surface area contributed by atoms with E-state index in [4.69, 9.17) is 9.47 Å². The zero-order valence-electron chi connectivity index (χ0n) is 18.6. The van der Waals surface area contributed by atoms with E-state index in [0.717, 1.165) is 25.8 Å². The maximum Gasteiger partial charge on any atom is 0.512 e. The van der Waals surface area contributed by atoms with Crippen molar-refractivity contribution in [2.24, 2.45) is 5.92 Å². The Bertz CT molecular complexity index is 774. The van der Waals surface area contributed by atoms with Crippen molar-refractivity contribution in [3.63, 3.8) is 0 Å².